The van der Waals surface area contributed by atoms with Crippen LogP contribution in [0.5, 0.6) is 11.5 Å². The third kappa shape index (κ3) is 8.04. The summed E-state index contributed by atoms with van der Waals surface area (Å²) in [6.07, 6.45) is 1.51. The first-order chi connectivity index (χ1) is 16.3. The van der Waals surface area contributed by atoms with Crippen LogP contribution in [0.2, 0.25) is 0 Å². The maximum Gasteiger partial charge on any atom is 0.242 e. The van der Waals surface area contributed by atoms with Gasteiger partial charge in [-0.25, -0.2) is 4.39 Å². The molecular weight excluding hydrogens is 435 g/mol. The van der Waals surface area contributed by atoms with Gasteiger partial charge in [0.25, 0.3) is 0 Å². The van der Waals surface area contributed by atoms with Crippen LogP contribution in [0, 0.1) is 5.82 Å². The average molecular weight is 473 g/mol. The maximum atomic E-state index is 13.4. The van der Waals surface area contributed by atoms with Crippen LogP contribution in [-0.4, -0.2) is 42.0 Å². The number of ether oxygens (including phenoxy) is 2. The lowest BCUT2D eigenvalue weighted by molar-refractivity contribution is -0.140. The lowest BCUT2D eigenvalue weighted by atomic mass is 10.1. The second-order valence-electron chi connectivity index (χ2n) is 8.29. The van der Waals surface area contributed by atoms with Gasteiger partial charge in [0.1, 0.15) is 11.9 Å². The fourth-order valence-electron chi connectivity index (χ4n) is 3.48. The van der Waals surface area contributed by atoms with E-state index in [1.165, 1.54) is 12.1 Å². The first-order valence-electron chi connectivity index (χ1n) is 12.0. The third-order valence-electron chi connectivity index (χ3n) is 5.67. The summed E-state index contributed by atoms with van der Waals surface area (Å²) in [6.45, 7) is 10.7. The molecular formula is C27H37FN2O4. The molecule has 1 N–H and O–H groups in total. The van der Waals surface area contributed by atoms with E-state index in [1.54, 1.807) is 24.0 Å². The number of benzene rings is 2. The van der Waals surface area contributed by atoms with Crippen molar-refractivity contribution in [3.63, 3.8) is 0 Å². The molecule has 2 aromatic carbocycles. The van der Waals surface area contributed by atoms with E-state index in [0.29, 0.717) is 31.1 Å². The molecule has 0 saturated heterocycles. The summed E-state index contributed by atoms with van der Waals surface area (Å²) >= 11 is 0. The lowest BCUT2D eigenvalue weighted by Gasteiger charge is -2.30. The Morgan fingerprint density at radius 3 is 2.18 bits per heavy atom. The summed E-state index contributed by atoms with van der Waals surface area (Å²) in [5.74, 6) is 0.628. The van der Waals surface area contributed by atoms with Gasteiger partial charge in [0.2, 0.25) is 11.8 Å². The van der Waals surface area contributed by atoms with E-state index in [2.05, 4.69) is 5.32 Å². The van der Waals surface area contributed by atoms with E-state index < -0.39 is 6.04 Å². The Kier molecular flexibility index (Phi) is 10.8. The number of carbonyl (C=O) groups excluding carboxylic acids is 2. The van der Waals surface area contributed by atoms with Crippen molar-refractivity contribution in [1.82, 2.24) is 10.2 Å². The predicted octanol–water partition coefficient (Wildman–Crippen LogP) is 4.89. The van der Waals surface area contributed by atoms with Crippen LogP contribution in [-0.2, 0) is 22.6 Å². The molecule has 0 spiro atoms. The molecule has 0 radical (unpaired) electrons. The average Bonchev–Trinajstić information content (AvgIpc) is 2.83. The van der Waals surface area contributed by atoms with Crippen LogP contribution in [0.15, 0.2) is 42.5 Å². The molecule has 2 amide bonds. The molecule has 2 rings (SSSR count). The van der Waals surface area contributed by atoms with Crippen LogP contribution in [0.1, 0.15) is 58.6 Å². The lowest BCUT2D eigenvalue weighted by Crippen LogP contribution is -2.49. The highest BCUT2D eigenvalue weighted by Crippen LogP contribution is 2.29. The summed E-state index contributed by atoms with van der Waals surface area (Å²) < 4.78 is 24.7. The molecule has 7 heteroatoms. The zero-order valence-electron chi connectivity index (χ0n) is 20.9. The van der Waals surface area contributed by atoms with E-state index in [9.17, 15) is 14.0 Å². The molecule has 0 heterocycles. The summed E-state index contributed by atoms with van der Waals surface area (Å²) in [7, 11) is 0. The first-order valence-corrected chi connectivity index (χ1v) is 12.0. The number of nitrogens with one attached hydrogen (secondary N) is 1. The molecule has 0 fully saturated rings. The zero-order chi connectivity index (χ0) is 25.1. The summed E-state index contributed by atoms with van der Waals surface area (Å²) in [6, 6.07) is 11.0. The summed E-state index contributed by atoms with van der Waals surface area (Å²) in [5.41, 5.74) is 1.70. The molecule has 0 aliphatic heterocycles. The van der Waals surface area contributed by atoms with Gasteiger partial charge in [0.05, 0.1) is 13.2 Å². The number of amides is 2. The highest BCUT2D eigenvalue weighted by atomic mass is 19.1. The van der Waals surface area contributed by atoms with Gasteiger partial charge in [-0.05, 0) is 75.9 Å². The van der Waals surface area contributed by atoms with E-state index in [0.717, 1.165) is 17.5 Å². The number of hydrogen-bond acceptors (Lipinski definition) is 4. The highest BCUT2D eigenvalue weighted by Gasteiger charge is 2.26. The number of nitrogens with zero attached hydrogens (tertiary/aromatic N) is 1. The summed E-state index contributed by atoms with van der Waals surface area (Å²) in [5, 5.41) is 2.95. The van der Waals surface area contributed by atoms with Gasteiger partial charge in [-0.1, -0.05) is 25.1 Å². The number of hydrogen-bond donors (Lipinski definition) is 1. The van der Waals surface area contributed by atoms with Gasteiger partial charge in [0, 0.05) is 19.0 Å². The minimum absolute atomic E-state index is 0.0126. The minimum atomic E-state index is -0.661. The molecule has 0 aliphatic rings. The molecule has 2 atom stereocenters. The summed E-state index contributed by atoms with van der Waals surface area (Å²) in [4.78, 5) is 27.6. The minimum Gasteiger partial charge on any atom is -0.490 e. The van der Waals surface area contributed by atoms with Crippen LogP contribution < -0.4 is 14.8 Å². The zero-order valence-corrected chi connectivity index (χ0v) is 20.9. The molecule has 0 bridgehead atoms. The number of aryl methyl sites for hydroxylation is 1. The van der Waals surface area contributed by atoms with Crippen molar-refractivity contribution in [2.45, 2.75) is 72.5 Å². The molecule has 2 aromatic rings. The number of carbonyl (C=O) groups is 2. The third-order valence-corrected chi connectivity index (χ3v) is 5.67. The Morgan fingerprint density at radius 2 is 1.56 bits per heavy atom. The number of halogens is 1. The normalized spacial score (nSPS) is 12.5. The Balaban J connectivity index is 2.17. The van der Waals surface area contributed by atoms with Crippen molar-refractivity contribution in [2.75, 3.05) is 13.2 Å². The van der Waals surface area contributed by atoms with Crippen LogP contribution in [0.4, 0.5) is 4.39 Å². The molecule has 0 saturated carbocycles. The van der Waals surface area contributed by atoms with E-state index in [-0.39, 0.29) is 36.6 Å². The Labute approximate surface area is 202 Å². The van der Waals surface area contributed by atoms with Crippen molar-refractivity contribution in [3.05, 3.63) is 59.4 Å². The molecule has 34 heavy (non-hydrogen) atoms. The number of rotatable bonds is 13. The maximum absolute atomic E-state index is 13.4. The van der Waals surface area contributed by atoms with Crippen LogP contribution >= 0.6 is 0 Å². The van der Waals surface area contributed by atoms with E-state index in [1.807, 2.05) is 45.9 Å². The van der Waals surface area contributed by atoms with Crippen LogP contribution in [0.3, 0.4) is 0 Å². The smallest absolute Gasteiger partial charge is 0.242 e. The van der Waals surface area contributed by atoms with Crippen molar-refractivity contribution in [3.8, 4) is 11.5 Å². The van der Waals surface area contributed by atoms with E-state index in [4.69, 9.17) is 9.47 Å². The van der Waals surface area contributed by atoms with Crippen LogP contribution in [0.25, 0.3) is 0 Å². The van der Waals surface area contributed by atoms with E-state index >= 15 is 0 Å². The fourth-order valence-corrected chi connectivity index (χ4v) is 3.48. The Hall–Kier alpha value is -3.09. The quantitative estimate of drug-likeness (QED) is 0.451. The van der Waals surface area contributed by atoms with Gasteiger partial charge in [-0.3, -0.25) is 9.59 Å². The Morgan fingerprint density at radius 1 is 0.941 bits per heavy atom. The SMILES string of the molecule is CCOc1ccc(CCC(=O)N(Cc2ccc(F)cc2)[C@H](C)C(=O)N[C@@H](C)CC)cc1OCC. The topological polar surface area (TPSA) is 67.9 Å². The van der Waals surface area contributed by atoms with Gasteiger partial charge in [-0.2, -0.15) is 0 Å². The molecule has 0 aliphatic carbocycles. The van der Waals surface area contributed by atoms with Gasteiger partial charge in [0.15, 0.2) is 11.5 Å². The molecule has 0 unspecified atom stereocenters. The van der Waals surface area contributed by atoms with Crippen molar-refractivity contribution in [2.24, 2.45) is 0 Å². The largest absolute Gasteiger partial charge is 0.490 e. The second kappa shape index (κ2) is 13.6. The van der Waals surface area contributed by atoms with Gasteiger partial charge in [-0.15, -0.1) is 0 Å². The standard InChI is InChI=1S/C27H37FN2O4/c1-6-19(4)29-27(32)20(5)30(18-22-9-13-23(28)14-10-22)26(31)16-12-21-11-15-24(33-7-2)25(17-21)34-8-3/h9-11,13-15,17,19-20H,6-8,12,16,18H2,1-5H3,(H,29,32)/t19-,20+/m0/s1. The first kappa shape index (κ1) is 27.2. The molecule has 0 aromatic heterocycles. The van der Waals surface area contributed by atoms with Crippen molar-refractivity contribution < 1.29 is 23.5 Å². The predicted molar refractivity (Wildman–Crippen MR) is 131 cm³/mol. The monoisotopic (exact) mass is 472 g/mol. The molecule has 186 valence electrons. The van der Waals surface area contributed by atoms with Gasteiger partial charge >= 0.3 is 0 Å². The van der Waals surface area contributed by atoms with Crippen molar-refractivity contribution >= 4 is 11.8 Å². The fraction of sp³-hybridized carbons (Fsp3) is 0.481. The van der Waals surface area contributed by atoms with Gasteiger partial charge < -0.3 is 19.7 Å². The van der Waals surface area contributed by atoms with Crippen molar-refractivity contribution in [1.29, 1.82) is 0 Å². The molecule has 6 nitrogen and oxygen atoms in total. The second-order valence-corrected chi connectivity index (χ2v) is 8.29. The highest BCUT2D eigenvalue weighted by molar-refractivity contribution is 5.87. The Bertz CT molecular complexity index is 933.